The zero-order valence-electron chi connectivity index (χ0n) is 16.2. The van der Waals surface area contributed by atoms with Crippen molar-refractivity contribution in [2.45, 2.75) is 40.5 Å². The van der Waals surface area contributed by atoms with E-state index in [-0.39, 0.29) is 19.1 Å². The highest BCUT2D eigenvalue weighted by Crippen LogP contribution is 2.31. The van der Waals surface area contributed by atoms with Crippen molar-refractivity contribution in [2.75, 3.05) is 19.7 Å². The van der Waals surface area contributed by atoms with Gasteiger partial charge in [0.1, 0.15) is 11.5 Å². The van der Waals surface area contributed by atoms with Crippen LogP contribution in [-0.2, 0) is 0 Å². The molecule has 1 amide bonds. The minimum Gasteiger partial charge on any atom is -0.466 e. The second-order valence-corrected chi connectivity index (χ2v) is 6.70. The summed E-state index contributed by atoms with van der Waals surface area (Å²) in [5.41, 5.74) is 2.85. The number of hydrogen-bond acceptors (Lipinski definition) is 6. The van der Waals surface area contributed by atoms with Gasteiger partial charge in [-0.05, 0) is 39.3 Å². The number of rotatable bonds is 7. The number of amides is 1. The quantitative estimate of drug-likeness (QED) is 0.681. The Kier molecular flexibility index (Phi) is 5.60. The largest absolute Gasteiger partial charge is 0.466 e. The van der Waals surface area contributed by atoms with Crippen LogP contribution in [0.15, 0.2) is 21.1 Å². The number of aliphatic hydroxyl groups excluding tert-OH is 1. The zero-order valence-corrected chi connectivity index (χ0v) is 16.2. The summed E-state index contributed by atoms with van der Waals surface area (Å²) in [6.45, 7) is 8.38. The van der Waals surface area contributed by atoms with E-state index in [1.165, 1.54) is 0 Å². The molecule has 3 aromatic heterocycles. The number of aliphatic hydroxyl groups is 1. The predicted octanol–water partition coefficient (Wildman–Crippen LogP) is 3.64. The SMILES string of the molecule is CCCCN(CCO)C(=O)c1cc(-c2cc(C)oc2C)nc2onc(C)c12. The van der Waals surface area contributed by atoms with Crippen LogP contribution in [0.4, 0.5) is 0 Å². The van der Waals surface area contributed by atoms with E-state index in [9.17, 15) is 9.90 Å². The molecule has 0 radical (unpaired) electrons. The summed E-state index contributed by atoms with van der Waals surface area (Å²) in [6, 6.07) is 3.66. The molecule has 7 nitrogen and oxygen atoms in total. The minimum absolute atomic E-state index is 0.0841. The number of aryl methyl sites for hydroxylation is 3. The molecule has 0 saturated carbocycles. The first-order chi connectivity index (χ1) is 13.0. The van der Waals surface area contributed by atoms with Gasteiger partial charge in [0, 0.05) is 18.7 Å². The monoisotopic (exact) mass is 371 g/mol. The molecule has 1 N–H and O–H groups in total. The summed E-state index contributed by atoms with van der Waals surface area (Å²) in [7, 11) is 0. The van der Waals surface area contributed by atoms with E-state index < -0.39 is 0 Å². The van der Waals surface area contributed by atoms with Gasteiger partial charge in [-0.25, -0.2) is 4.98 Å². The maximum Gasteiger partial charge on any atom is 0.259 e. The van der Waals surface area contributed by atoms with Gasteiger partial charge in [0.05, 0.1) is 28.9 Å². The second-order valence-electron chi connectivity index (χ2n) is 6.70. The van der Waals surface area contributed by atoms with Gasteiger partial charge in [-0.3, -0.25) is 4.79 Å². The Morgan fingerprint density at radius 3 is 2.63 bits per heavy atom. The fraction of sp³-hybridized carbons (Fsp3) is 0.450. The smallest absolute Gasteiger partial charge is 0.259 e. The van der Waals surface area contributed by atoms with E-state index in [4.69, 9.17) is 8.94 Å². The van der Waals surface area contributed by atoms with E-state index in [0.717, 1.165) is 29.9 Å². The molecule has 0 saturated heterocycles. The molecule has 27 heavy (non-hydrogen) atoms. The Balaban J connectivity index is 2.13. The third-order valence-corrected chi connectivity index (χ3v) is 4.60. The molecule has 0 aliphatic heterocycles. The van der Waals surface area contributed by atoms with Crippen molar-refractivity contribution < 1.29 is 18.8 Å². The predicted molar refractivity (Wildman–Crippen MR) is 102 cm³/mol. The lowest BCUT2D eigenvalue weighted by molar-refractivity contribution is 0.0721. The highest BCUT2D eigenvalue weighted by Gasteiger charge is 2.24. The Labute approximate surface area is 158 Å². The third-order valence-electron chi connectivity index (χ3n) is 4.60. The van der Waals surface area contributed by atoms with Gasteiger partial charge < -0.3 is 18.9 Å². The maximum atomic E-state index is 13.3. The van der Waals surface area contributed by atoms with Crippen molar-refractivity contribution >= 4 is 17.0 Å². The van der Waals surface area contributed by atoms with Crippen LogP contribution in [0.25, 0.3) is 22.4 Å². The molecule has 3 aromatic rings. The van der Waals surface area contributed by atoms with Crippen molar-refractivity contribution in [1.82, 2.24) is 15.0 Å². The Bertz CT molecular complexity index is 958. The number of furan rings is 1. The molecular formula is C20H25N3O4. The number of carbonyl (C=O) groups excluding carboxylic acids is 1. The molecule has 3 rings (SSSR count). The van der Waals surface area contributed by atoms with E-state index in [1.54, 1.807) is 17.9 Å². The van der Waals surface area contributed by atoms with Crippen LogP contribution >= 0.6 is 0 Å². The van der Waals surface area contributed by atoms with Crippen molar-refractivity contribution in [3.05, 3.63) is 34.9 Å². The number of nitrogens with zero attached hydrogens (tertiary/aromatic N) is 3. The third kappa shape index (κ3) is 3.73. The van der Waals surface area contributed by atoms with Gasteiger partial charge in [0.2, 0.25) is 0 Å². The number of carbonyl (C=O) groups is 1. The summed E-state index contributed by atoms with van der Waals surface area (Å²) < 4.78 is 11.0. The molecule has 0 atom stereocenters. The molecule has 0 unspecified atom stereocenters. The van der Waals surface area contributed by atoms with Crippen molar-refractivity contribution in [3.8, 4) is 11.3 Å². The zero-order chi connectivity index (χ0) is 19.6. The molecule has 0 spiro atoms. The van der Waals surface area contributed by atoms with Crippen molar-refractivity contribution in [3.63, 3.8) is 0 Å². The average Bonchev–Trinajstić information content (AvgIpc) is 3.19. The average molecular weight is 371 g/mol. The van der Waals surface area contributed by atoms with Crippen LogP contribution in [0.5, 0.6) is 0 Å². The fourth-order valence-corrected chi connectivity index (χ4v) is 3.24. The van der Waals surface area contributed by atoms with E-state index in [1.807, 2.05) is 19.9 Å². The van der Waals surface area contributed by atoms with Gasteiger partial charge in [-0.1, -0.05) is 18.5 Å². The molecule has 0 aliphatic rings. The molecular weight excluding hydrogens is 346 g/mol. The van der Waals surface area contributed by atoms with Crippen molar-refractivity contribution in [2.24, 2.45) is 0 Å². The lowest BCUT2D eigenvalue weighted by Gasteiger charge is -2.22. The summed E-state index contributed by atoms with van der Waals surface area (Å²) in [5.74, 6) is 1.35. The number of hydrogen-bond donors (Lipinski definition) is 1. The molecule has 0 aromatic carbocycles. The minimum atomic E-state index is -0.157. The molecule has 0 bridgehead atoms. The lowest BCUT2D eigenvalue weighted by Crippen LogP contribution is -2.34. The first kappa shape index (κ1) is 19.1. The van der Waals surface area contributed by atoms with Crippen LogP contribution in [-0.4, -0.2) is 45.8 Å². The highest BCUT2D eigenvalue weighted by molar-refractivity contribution is 6.07. The first-order valence-corrected chi connectivity index (χ1v) is 9.20. The van der Waals surface area contributed by atoms with Crippen LogP contribution in [0.1, 0.15) is 47.3 Å². The van der Waals surface area contributed by atoms with Gasteiger partial charge in [-0.15, -0.1) is 0 Å². The first-order valence-electron chi connectivity index (χ1n) is 9.20. The van der Waals surface area contributed by atoms with Crippen molar-refractivity contribution in [1.29, 1.82) is 0 Å². The summed E-state index contributed by atoms with van der Waals surface area (Å²) >= 11 is 0. The Morgan fingerprint density at radius 2 is 2.00 bits per heavy atom. The number of unbranched alkanes of at least 4 members (excludes halogenated alkanes) is 1. The van der Waals surface area contributed by atoms with Crippen LogP contribution in [0.2, 0.25) is 0 Å². The molecule has 0 aliphatic carbocycles. The van der Waals surface area contributed by atoms with Gasteiger partial charge in [-0.2, -0.15) is 0 Å². The van der Waals surface area contributed by atoms with E-state index in [2.05, 4.69) is 17.1 Å². The fourth-order valence-electron chi connectivity index (χ4n) is 3.24. The van der Waals surface area contributed by atoms with E-state index >= 15 is 0 Å². The number of aromatic nitrogens is 2. The summed E-state index contributed by atoms with van der Waals surface area (Å²) in [5, 5.41) is 14.0. The van der Waals surface area contributed by atoms with Crippen LogP contribution < -0.4 is 0 Å². The molecule has 3 heterocycles. The number of fused-ring (bicyclic) bond motifs is 1. The normalized spacial score (nSPS) is 11.3. The van der Waals surface area contributed by atoms with Crippen LogP contribution in [0.3, 0.4) is 0 Å². The van der Waals surface area contributed by atoms with Gasteiger partial charge in [0.25, 0.3) is 11.6 Å². The number of pyridine rings is 1. The molecule has 0 fully saturated rings. The Morgan fingerprint density at radius 1 is 1.22 bits per heavy atom. The Hall–Kier alpha value is -2.67. The lowest BCUT2D eigenvalue weighted by atomic mass is 10.0. The highest BCUT2D eigenvalue weighted by atomic mass is 16.5. The topological polar surface area (TPSA) is 92.6 Å². The van der Waals surface area contributed by atoms with Crippen LogP contribution in [0, 0.1) is 20.8 Å². The maximum absolute atomic E-state index is 13.3. The molecule has 7 heteroatoms. The van der Waals surface area contributed by atoms with Gasteiger partial charge >= 0.3 is 0 Å². The van der Waals surface area contributed by atoms with Gasteiger partial charge in [0.15, 0.2) is 0 Å². The summed E-state index contributed by atoms with van der Waals surface area (Å²) in [6.07, 6.45) is 1.83. The summed E-state index contributed by atoms with van der Waals surface area (Å²) in [4.78, 5) is 19.5. The molecule has 144 valence electrons. The standard InChI is InChI=1S/C20H25N3O4/c1-5-6-7-23(8-9-24)20(25)16-11-17(15-10-12(2)26-14(15)4)21-19-18(16)13(3)22-27-19/h10-11,24H,5-9H2,1-4H3. The second kappa shape index (κ2) is 7.92. The van der Waals surface area contributed by atoms with E-state index in [0.29, 0.717) is 34.6 Å².